The van der Waals surface area contributed by atoms with E-state index in [1.165, 1.54) is 20.1 Å². The molecular weight excluding hydrogens is 370 g/mol. The minimum absolute atomic E-state index is 0.138. The number of nitrogens with one attached hydrogen (secondary N) is 2. The molecule has 0 radical (unpaired) electrons. The summed E-state index contributed by atoms with van der Waals surface area (Å²) in [5.41, 5.74) is 0.654. The van der Waals surface area contributed by atoms with Gasteiger partial charge < -0.3 is 15.0 Å². The van der Waals surface area contributed by atoms with Crippen molar-refractivity contribution < 1.29 is 19.1 Å². The maximum atomic E-state index is 12.4. The van der Waals surface area contributed by atoms with Crippen LogP contribution in [-0.2, 0) is 20.7 Å². The van der Waals surface area contributed by atoms with Crippen molar-refractivity contribution in [2.45, 2.75) is 30.7 Å². The van der Waals surface area contributed by atoms with Gasteiger partial charge in [-0.15, -0.1) is 0 Å². The summed E-state index contributed by atoms with van der Waals surface area (Å²) in [4.78, 5) is 53.9. The third-order valence-corrected chi connectivity index (χ3v) is 4.53. The molecule has 0 saturated heterocycles. The van der Waals surface area contributed by atoms with Crippen molar-refractivity contribution in [2.24, 2.45) is 0 Å². The summed E-state index contributed by atoms with van der Waals surface area (Å²) in [6.07, 6.45) is -0.138. The number of hydrogen-bond donors (Lipinski definition) is 2. The van der Waals surface area contributed by atoms with Crippen molar-refractivity contribution in [2.75, 3.05) is 12.4 Å². The van der Waals surface area contributed by atoms with Gasteiger partial charge in [0.15, 0.2) is 10.9 Å². The van der Waals surface area contributed by atoms with Gasteiger partial charge in [0.25, 0.3) is 5.56 Å². The lowest BCUT2D eigenvalue weighted by atomic mass is 10.1. The van der Waals surface area contributed by atoms with E-state index in [0.717, 1.165) is 11.8 Å². The highest BCUT2D eigenvalue weighted by molar-refractivity contribution is 8.00. The third kappa shape index (κ3) is 5.78. The zero-order valence-corrected chi connectivity index (χ0v) is 15.9. The molecule has 0 aliphatic carbocycles. The number of amides is 1. The number of anilines is 1. The first-order valence-electron chi connectivity index (χ1n) is 8.04. The van der Waals surface area contributed by atoms with Crippen LogP contribution in [0.4, 0.5) is 5.69 Å². The fourth-order valence-electron chi connectivity index (χ4n) is 2.20. The summed E-state index contributed by atoms with van der Waals surface area (Å²) >= 11 is 1.03. The average molecular weight is 389 g/mol. The minimum atomic E-state index is -0.610. The Balaban J connectivity index is 2.12. The lowest BCUT2D eigenvalue weighted by Gasteiger charge is -2.13. The standard InChI is InChI=1S/C18H19N3O5S/c1-10(22)13-6-4-5-7-14(13)20-17(25)11(2)27-18-19-12(8-15(23)21-18)9-16(24)26-3/h4-8,11H,9H2,1-3H3,(H,20,25)(H,19,21,23)/t11-/m1/s1. The number of ketones is 1. The SMILES string of the molecule is COC(=O)Cc1cc(=O)[nH]c(S[C@H](C)C(=O)Nc2ccccc2C(C)=O)n1. The van der Waals surface area contributed by atoms with Gasteiger partial charge in [-0.1, -0.05) is 23.9 Å². The van der Waals surface area contributed by atoms with E-state index in [9.17, 15) is 19.2 Å². The third-order valence-electron chi connectivity index (χ3n) is 3.55. The Kier molecular flexibility index (Phi) is 6.89. The fraction of sp³-hybridized carbons (Fsp3) is 0.278. The molecule has 0 bridgehead atoms. The quantitative estimate of drug-likeness (QED) is 0.321. The predicted octanol–water partition coefficient (Wildman–Crippen LogP) is 1.81. The molecular formula is C18H19N3O5S. The van der Waals surface area contributed by atoms with Crippen molar-refractivity contribution in [3.63, 3.8) is 0 Å². The number of hydrogen-bond acceptors (Lipinski definition) is 7. The lowest BCUT2D eigenvalue weighted by Crippen LogP contribution is -2.24. The summed E-state index contributed by atoms with van der Waals surface area (Å²) in [5.74, 6) is -1.03. The Labute approximate surface area is 159 Å². The molecule has 0 aliphatic heterocycles. The normalized spacial score (nSPS) is 11.5. The monoisotopic (exact) mass is 389 g/mol. The second-order valence-corrected chi connectivity index (χ2v) is 6.98. The number of para-hydroxylation sites is 1. The summed E-state index contributed by atoms with van der Waals surface area (Å²) < 4.78 is 4.56. The summed E-state index contributed by atoms with van der Waals surface area (Å²) in [7, 11) is 1.25. The van der Waals surface area contributed by atoms with Crippen molar-refractivity contribution in [3.05, 3.63) is 51.9 Å². The molecule has 1 heterocycles. The number of nitrogens with zero attached hydrogens (tertiary/aromatic N) is 1. The van der Waals surface area contributed by atoms with Gasteiger partial charge in [0.2, 0.25) is 5.91 Å². The number of aromatic nitrogens is 2. The zero-order chi connectivity index (χ0) is 20.0. The van der Waals surface area contributed by atoms with Crippen LogP contribution in [0.5, 0.6) is 0 Å². The second-order valence-electron chi connectivity index (χ2n) is 5.65. The molecule has 0 saturated carbocycles. The number of Topliss-reactive ketones (excluding diaryl/α,β-unsaturated/α-hetero) is 1. The number of carbonyl (C=O) groups is 3. The van der Waals surface area contributed by atoms with Crippen molar-refractivity contribution in [1.29, 1.82) is 0 Å². The number of rotatable bonds is 7. The molecule has 27 heavy (non-hydrogen) atoms. The first kappa shape index (κ1) is 20.4. The number of ether oxygens (including phenoxy) is 1. The van der Waals surface area contributed by atoms with Crippen LogP contribution < -0.4 is 10.9 Å². The molecule has 9 heteroatoms. The molecule has 0 unspecified atom stereocenters. The van der Waals surface area contributed by atoms with Crippen LogP contribution in [-0.4, -0.2) is 40.0 Å². The van der Waals surface area contributed by atoms with E-state index >= 15 is 0 Å². The van der Waals surface area contributed by atoms with Crippen molar-refractivity contribution in [3.8, 4) is 0 Å². The molecule has 2 rings (SSSR count). The molecule has 1 atom stereocenters. The summed E-state index contributed by atoms with van der Waals surface area (Å²) in [6.45, 7) is 3.06. The highest BCUT2D eigenvalue weighted by atomic mass is 32.2. The van der Waals surface area contributed by atoms with Gasteiger partial charge in [-0.05, 0) is 26.0 Å². The number of carbonyl (C=O) groups excluding carboxylic acids is 3. The van der Waals surface area contributed by atoms with E-state index in [2.05, 4.69) is 20.0 Å². The Hall–Kier alpha value is -2.94. The number of benzene rings is 1. The van der Waals surface area contributed by atoms with Crippen LogP contribution >= 0.6 is 11.8 Å². The predicted molar refractivity (Wildman–Crippen MR) is 101 cm³/mol. The van der Waals surface area contributed by atoms with Crippen LogP contribution in [0, 0.1) is 0 Å². The van der Waals surface area contributed by atoms with Crippen LogP contribution in [0.15, 0.2) is 40.3 Å². The first-order chi connectivity index (χ1) is 12.8. The van der Waals surface area contributed by atoms with E-state index in [-0.39, 0.29) is 29.0 Å². The van der Waals surface area contributed by atoms with Crippen molar-refractivity contribution >= 4 is 35.1 Å². The van der Waals surface area contributed by atoms with Gasteiger partial charge in [0.05, 0.1) is 30.2 Å². The molecule has 1 amide bonds. The molecule has 0 spiro atoms. The van der Waals surface area contributed by atoms with Gasteiger partial charge in [0.1, 0.15) is 0 Å². The van der Waals surface area contributed by atoms with Gasteiger partial charge in [-0.25, -0.2) is 4.98 Å². The van der Waals surface area contributed by atoms with Gasteiger partial charge in [-0.2, -0.15) is 0 Å². The number of thioether (sulfide) groups is 1. The van der Waals surface area contributed by atoms with E-state index < -0.39 is 16.8 Å². The van der Waals surface area contributed by atoms with E-state index in [0.29, 0.717) is 11.3 Å². The smallest absolute Gasteiger partial charge is 0.311 e. The Bertz CT molecular complexity index is 925. The molecule has 1 aromatic heterocycles. The molecule has 0 aliphatic rings. The summed E-state index contributed by atoms with van der Waals surface area (Å²) in [5, 5.41) is 2.31. The average Bonchev–Trinajstić information content (AvgIpc) is 2.61. The molecule has 1 aromatic carbocycles. The molecule has 2 N–H and O–H groups in total. The molecule has 2 aromatic rings. The zero-order valence-electron chi connectivity index (χ0n) is 15.1. The molecule has 0 fully saturated rings. The minimum Gasteiger partial charge on any atom is -0.469 e. The topological polar surface area (TPSA) is 118 Å². The Morgan fingerprint density at radius 3 is 2.67 bits per heavy atom. The Morgan fingerprint density at radius 1 is 1.30 bits per heavy atom. The number of methoxy groups -OCH3 is 1. The van der Waals surface area contributed by atoms with E-state index in [4.69, 9.17) is 0 Å². The van der Waals surface area contributed by atoms with Gasteiger partial charge in [0, 0.05) is 11.6 Å². The van der Waals surface area contributed by atoms with Crippen LogP contribution in [0.25, 0.3) is 0 Å². The van der Waals surface area contributed by atoms with Crippen LogP contribution in [0.1, 0.15) is 29.9 Å². The van der Waals surface area contributed by atoms with Gasteiger partial charge in [-0.3, -0.25) is 19.2 Å². The number of aromatic amines is 1. The van der Waals surface area contributed by atoms with E-state index in [1.54, 1.807) is 31.2 Å². The largest absolute Gasteiger partial charge is 0.469 e. The number of esters is 1. The maximum absolute atomic E-state index is 12.4. The van der Waals surface area contributed by atoms with Crippen LogP contribution in [0.2, 0.25) is 0 Å². The molecule has 142 valence electrons. The Morgan fingerprint density at radius 2 is 2.00 bits per heavy atom. The van der Waals surface area contributed by atoms with E-state index in [1.807, 2.05) is 0 Å². The first-order valence-corrected chi connectivity index (χ1v) is 8.92. The highest BCUT2D eigenvalue weighted by Gasteiger charge is 2.18. The van der Waals surface area contributed by atoms with Gasteiger partial charge >= 0.3 is 5.97 Å². The maximum Gasteiger partial charge on any atom is 0.311 e. The lowest BCUT2D eigenvalue weighted by molar-refractivity contribution is -0.139. The highest BCUT2D eigenvalue weighted by Crippen LogP contribution is 2.22. The fourth-order valence-corrected chi connectivity index (χ4v) is 3.03. The summed E-state index contributed by atoms with van der Waals surface area (Å²) in [6, 6.07) is 7.91. The second kappa shape index (κ2) is 9.13. The van der Waals surface area contributed by atoms with Crippen LogP contribution in [0.3, 0.4) is 0 Å². The van der Waals surface area contributed by atoms with Crippen molar-refractivity contribution in [1.82, 2.24) is 9.97 Å². The molecule has 8 nitrogen and oxygen atoms in total. The number of H-pyrrole nitrogens is 1.